The quantitative estimate of drug-likeness (QED) is 0.696. The van der Waals surface area contributed by atoms with Crippen molar-refractivity contribution in [3.63, 3.8) is 0 Å². The van der Waals surface area contributed by atoms with Crippen LogP contribution in [-0.4, -0.2) is 21.1 Å². The average molecular weight is 251 g/mol. The normalized spacial score (nSPS) is 16.4. The average Bonchev–Trinajstić information content (AvgIpc) is 2.38. The molecule has 0 radical (unpaired) electrons. The summed E-state index contributed by atoms with van der Waals surface area (Å²) < 4.78 is 0. The van der Waals surface area contributed by atoms with Crippen molar-refractivity contribution in [1.82, 2.24) is 20.5 Å². The molecule has 4 N–H and O–H groups in total. The lowest BCUT2D eigenvalue weighted by Crippen LogP contribution is -2.34. The van der Waals surface area contributed by atoms with Gasteiger partial charge in [-0.25, -0.2) is 0 Å². The van der Waals surface area contributed by atoms with E-state index in [4.69, 9.17) is 5.73 Å². The number of anilines is 1. The lowest BCUT2D eigenvalue weighted by molar-refractivity contribution is -0.126. The van der Waals surface area contributed by atoms with E-state index in [0.29, 0.717) is 0 Å². The second-order valence-electron chi connectivity index (χ2n) is 4.54. The zero-order chi connectivity index (χ0) is 13.0. The molecular weight excluding hydrogens is 234 g/mol. The zero-order valence-electron chi connectivity index (χ0n) is 10.1. The number of nitrogens with zero attached hydrogens (tertiary/aromatic N) is 2. The van der Waals surface area contributed by atoms with E-state index in [2.05, 4.69) is 20.5 Å². The number of amides is 1. The number of nitrogen functional groups attached to an aromatic ring is 1. The van der Waals surface area contributed by atoms with E-state index in [1.165, 1.54) is 6.42 Å². The van der Waals surface area contributed by atoms with Gasteiger partial charge in [-0.1, -0.05) is 19.3 Å². The van der Waals surface area contributed by atoms with Gasteiger partial charge in [0.15, 0.2) is 0 Å². The Morgan fingerprint density at radius 3 is 2.72 bits per heavy atom. The highest BCUT2D eigenvalue weighted by atomic mass is 16.2. The highest BCUT2D eigenvalue weighted by Gasteiger charge is 2.21. The second kappa shape index (κ2) is 5.61. The molecule has 7 nitrogen and oxygen atoms in total. The van der Waals surface area contributed by atoms with Gasteiger partial charge in [0, 0.05) is 5.92 Å². The maximum Gasteiger partial charge on any atom is 0.276 e. The number of hydrogen-bond acceptors (Lipinski definition) is 5. The van der Waals surface area contributed by atoms with Gasteiger partial charge in [0.05, 0.1) is 6.54 Å². The molecule has 0 bridgehead atoms. The molecule has 1 fully saturated rings. The number of nitrogens with one attached hydrogen (secondary N) is 2. The summed E-state index contributed by atoms with van der Waals surface area (Å²) in [6.45, 7) is 0.0952. The Hall–Kier alpha value is -1.92. The van der Waals surface area contributed by atoms with Crippen molar-refractivity contribution in [2.24, 2.45) is 5.92 Å². The van der Waals surface area contributed by atoms with Crippen molar-refractivity contribution < 1.29 is 4.79 Å². The molecule has 1 saturated carbocycles. The fourth-order valence-electron chi connectivity index (χ4n) is 2.17. The fourth-order valence-corrected chi connectivity index (χ4v) is 2.17. The summed E-state index contributed by atoms with van der Waals surface area (Å²) >= 11 is 0. The van der Waals surface area contributed by atoms with E-state index in [1.54, 1.807) is 0 Å². The molecule has 1 amide bonds. The summed E-state index contributed by atoms with van der Waals surface area (Å²) in [6, 6.07) is 0. The molecule has 2 rings (SSSR count). The van der Waals surface area contributed by atoms with Crippen LogP contribution in [-0.2, 0) is 11.3 Å². The van der Waals surface area contributed by atoms with E-state index in [0.717, 1.165) is 25.7 Å². The van der Waals surface area contributed by atoms with Crippen molar-refractivity contribution >= 4 is 11.9 Å². The molecule has 1 aliphatic rings. The van der Waals surface area contributed by atoms with Gasteiger partial charge < -0.3 is 11.1 Å². The van der Waals surface area contributed by atoms with Crippen molar-refractivity contribution in [3.8, 4) is 0 Å². The smallest absolute Gasteiger partial charge is 0.276 e. The van der Waals surface area contributed by atoms with Gasteiger partial charge in [-0.3, -0.25) is 14.6 Å². The number of aromatic amines is 1. The third kappa shape index (κ3) is 3.06. The Labute approximate surface area is 104 Å². The van der Waals surface area contributed by atoms with Crippen LogP contribution in [0.3, 0.4) is 0 Å². The number of carbonyl (C=O) groups is 1. The lowest BCUT2D eigenvalue weighted by Gasteiger charge is -2.20. The van der Waals surface area contributed by atoms with E-state index in [9.17, 15) is 9.59 Å². The highest BCUT2D eigenvalue weighted by molar-refractivity contribution is 5.78. The summed E-state index contributed by atoms with van der Waals surface area (Å²) in [6.07, 6.45) is 5.25. The molecule has 0 spiro atoms. The predicted molar refractivity (Wildman–Crippen MR) is 65.5 cm³/mol. The monoisotopic (exact) mass is 251 g/mol. The minimum absolute atomic E-state index is 0.00674. The molecular formula is C11H17N5O2. The zero-order valence-corrected chi connectivity index (χ0v) is 10.1. The fraction of sp³-hybridized carbons (Fsp3) is 0.636. The summed E-state index contributed by atoms with van der Waals surface area (Å²) in [5.41, 5.74) is 5.05. The molecule has 7 heteroatoms. The first-order valence-corrected chi connectivity index (χ1v) is 6.16. The van der Waals surface area contributed by atoms with Crippen LogP contribution in [0, 0.1) is 5.92 Å². The molecule has 0 aromatic carbocycles. The number of rotatable bonds is 3. The summed E-state index contributed by atoms with van der Waals surface area (Å²) in [5, 5.41) is 9.94. The van der Waals surface area contributed by atoms with Crippen LogP contribution < -0.4 is 16.6 Å². The Bertz CT molecular complexity index is 479. The van der Waals surface area contributed by atoms with Gasteiger partial charge in [-0.15, -0.1) is 10.2 Å². The summed E-state index contributed by atoms with van der Waals surface area (Å²) in [4.78, 5) is 25.6. The van der Waals surface area contributed by atoms with Crippen LogP contribution in [0.1, 0.15) is 37.8 Å². The van der Waals surface area contributed by atoms with Gasteiger partial charge in [0.1, 0.15) is 5.69 Å². The van der Waals surface area contributed by atoms with Crippen LogP contribution in [0.25, 0.3) is 0 Å². The third-order valence-corrected chi connectivity index (χ3v) is 3.19. The Balaban J connectivity index is 1.90. The highest BCUT2D eigenvalue weighted by Crippen LogP contribution is 2.23. The van der Waals surface area contributed by atoms with Gasteiger partial charge in [0.25, 0.3) is 5.56 Å². The van der Waals surface area contributed by atoms with E-state index in [1.807, 2.05) is 0 Å². The lowest BCUT2D eigenvalue weighted by atomic mass is 9.89. The second-order valence-corrected chi connectivity index (χ2v) is 4.54. The Morgan fingerprint density at radius 1 is 1.33 bits per heavy atom. The van der Waals surface area contributed by atoms with Crippen LogP contribution in [0.2, 0.25) is 0 Å². The van der Waals surface area contributed by atoms with Crippen LogP contribution >= 0.6 is 0 Å². The summed E-state index contributed by atoms with van der Waals surface area (Å²) in [5.74, 6) is 0.0367. The number of H-pyrrole nitrogens is 1. The maximum absolute atomic E-state index is 11.9. The molecule has 1 heterocycles. The van der Waals surface area contributed by atoms with Crippen molar-refractivity contribution in [3.05, 3.63) is 16.0 Å². The molecule has 0 aliphatic heterocycles. The van der Waals surface area contributed by atoms with Crippen molar-refractivity contribution in [2.75, 3.05) is 5.73 Å². The first-order chi connectivity index (χ1) is 8.66. The van der Waals surface area contributed by atoms with Crippen molar-refractivity contribution in [2.45, 2.75) is 38.6 Å². The van der Waals surface area contributed by atoms with E-state index >= 15 is 0 Å². The van der Waals surface area contributed by atoms with Crippen LogP contribution in [0.5, 0.6) is 0 Å². The first-order valence-electron chi connectivity index (χ1n) is 6.16. The standard InChI is InChI=1S/C11H17N5O2/c12-11-14-10(18)8(15-16-11)6-13-9(17)7-4-2-1-3-5-7/h7H,1-6H2,(H,13,17)(H3,12,14,16,18). The van der Waals surface area contributed by atoms with Crippen molar-refractivity contribution in [1.29, 1.82) is 0 Å². The summed E-state index contributed by atoms with van der Waals surface area (Å²) in [7, 11) is 0. The van der Waals surface area contributed by atoms with Gasteiger partial charge in [0.2, 0.25) is 11.9 Å². The van der Waals surface area contributed by atoms with Gasteiger partial charge in [-0.2, -0.15) is 0 Å². The first kappa shape index (κ1) is 12.5. The molecule has 1 aromatic rings. The predicted octanol–water partition coefficient (Wildman–Crippen LogP) is -0.0564. The molecule has 1 aromatic heterocycles. The molecule has 98 valence electrons. The molecule has 18 heavy (non-hydrogen) atoms. The molecule has 0 unspecified atom stereocenters. The van der Waals surface area contributed by atoms with Gasteiger partial charge >= 0.3 is 0 Å². The number of aromatic nitrogens is 3. The third-order valence-electron chi connectivity index (χ3n) is 3.19. The topological polar surface area (TPSA) is 114 Å². The molecule has 0 atom stereocenters. The van der Waals surface area contributed by atoms with E-state index in [-0.39, 0.29) is 30.0 Å². The molecule has 0 saturated heterocycles. The minimum Gasteiger partial charge on any atom is -0.368 e. The SMILES string of the molecule is Nc1nnc(CNC(=O)C2CCCCC2)c(=O)[nH]1. The minimum atomic E-state index is -0.411. The molecule has 1 aliphatic carbocycles. The Kier molecular flexibility index (Phi) is 3.91. The Morgan fingerprint density at radius 2 is 2.06 bits per heavy atom. The largest absolute Gasteiger partial charge is 0.368 e. The van der Waals surface area contributed by atoms with Gasteiger partial charge in [-0.05, 0) is 12.8 Å². The maximum atomic E-state index is 11.9. The number of hydrogen-bond donors (Lipinski definition) is 3. The van der Waals surface area contributed by atoms with Crippen LogP contribution in [0.4, 0.5) is 5.95 Å². The van der Waals surface area contributed by atoms with Crippen LogP contribution in [0.15, 0.2) is 4.79 Å². The number of carbonyl (C=O) groups excluding carboxylic acids is 1. The number of nitrogens with two attached hydrogens (primary N) is 1. The van der Waals surface area contributed by atoms with E-state index < -0.39 is 5.56 Å².